The van der Waals surface area contributed by atoms with Gasteiger partial charge in [-0.2, -0.15) is 26.3 Å². The highest BCUT2D eigenvalue weighted by Gasteiger charge is 2.47. The fourth-order valence-electron chi connectivity index (χ4n) is 5.38. The Labute approximate surface area is 225 Å². The lowest BCUT2D eigenvalue weighted by Crippen LogP contribution is -2.39. The van der Waals surface area contributed by atoms with Crippen LogP contribution in [0.25, 0.3) is 5.57 Å². The quantitative estimate of drug-likeness (QED) is 0.308. The first-order valence-electron chi connectivity index (χ1n) is 12.4. The number of rotatable bonds is 5. The van der Waals surface area contributed by atoms with Crippen LogP contribution in [0.15, 0.2) is 73.1 Å². The highest BCUT2D eigenvalue weighted by Crippen LogP contribution is 2.44. The highest BCUT2D eigenvalue weighted by atomic mass is 19.4. The molecule has 2 unspecified atom stereocenters. The number of carbonyl (C=O) groups excluding carboxylic acids is 1. The minimum atomic E-state index is -5.00. The van der Waals surface area contributed by atoms with Crippen molar-refractivity contribution >= 4 is 11.5 Å². The van der Waals surface area contributed by atoms with Crippen LogP contribution in [0.3, 0.4) is 0 Å². The normalized spacial score (nSPS) is 22.2. The molecule has 1 amide bonds. The van der Waals surface area contributed by atoms with E-state index in [0.29, 0.717) is 17.7 Å². The highest BCUT2D eigenvalue weighted by molar-refractivity contribution is 5.92. The summed E-state index contributed by atoms with van der Waals surface area (Å²) in [4.78, 5) is 18.8. The fourth-order valence-corrected chi connectivity index (χ4v) is 5.38. The molecule has 1 saturated heterocycles. The topological polar surface area (TPSA) is 42.4 Å². The van der Waals surface area contributed by atoms with E-state index in [2.05, 4.69) is 4.98 Å². The SMILES string of the molecule is C[C@@H](OC1CN2C(=O)CC(c3ccncc3)=CC2[C@@H]1c1ccc(F)cc1)c1cc(C(F)(F)F)cc(C(F)(F)F)c1. The molecule has 3 aromatic rings. The maximum absolute atomic E-state index is 13.8. The van der Waals surface area contributed by atoms with Crippen molar-refractivity contribution in [3.8, 4) is 0 Å². The Bertz CT molecular complexity index is 1390. The summed E-state index contributed by atoms with van der Waals surface area (Å²) in [7, 11) is 0. The number of halogens is 7. The van der Waals surface area contributed by atoms with E-state index >= 15 is 0 Å². The van der Waals surface area contributed by atoms with Crippen molar-refractivity contribution in [3.63, 3.8) is 0 Å². The number of benzene rings is 2. The van der Waals surface area contributed by atoms with Crippen molar-refractivity contribution in [2.75, 3.05) is 6.54 Å². The summed E-state index contributed by atoms with van der Waals surface area (Å²) in [5.41, 5.74) is -1.02. The van der Waals surface area contributed by atoms with Gasteiger partial charge in [0.15, 0.2) is 0 Å². The molecular weight excluding hydrogens is 541 g/mol. The molecule has 0 bridgehead atoms. The van der Waals surface area contributed by atoms with Gasteiger partial charge in [-0.3, -0.25) is 9.78 Å². The lowest BCUT2D eigenvalue weighted by Gasteiger charge is -2.31. The van der Waals surface area contributed by atoms with Crippen molar-refractivity contribution in [3.05, 3.63) is 107 Å². The fraction of sp³-hybridized carbons (Fsp3) is 0.310. The molecule has 4 atom stereocenters. The molecule has 2 aliphatic rings. The molecule has 0 N–H and O–H groups in total. The first-order chi connectivity index (χ1) is 18.8. The molecule has 210 valence electrons. The molecule has 40 heavy (non-hydrogen) atoms. The van der Waals surface area contributed by atoms with Gasteiger partial charge in [0.25, 0.3) is 0 Å². The van der Waals surface area contributed by atoms with Gasteiger partial charge in [-0.1, -0.05) is 18.2 Å². The predicted octanol–water partition coefficient (Wildman–Crippen LogP) is 7.19. The van der Waals surface area contributed by atoms with E-state index in [-0.39, 0.29) is 30.5 Å². The van der Waals surface area contributed by atoms with Crippen LogP contribution in [-0.2, 0) is 21.9 Å². The Morgan fingerprint density at radius 2 is 1.52 bits per heavy atom. The number of fused-ring (bicyclic) bond motifs is 1. The van der Waals surface area contributed by atoms with Gasteiger partial charge < -0.3 is 9.64 Å². The van der Waals surface area contributed by atoms with Crippen molar-refractivity contribution in [2.45, 2.75) is 49.9 Å². The maximum Gasteiger partial charge on any atom is 0.416 e. The first-order valence-corrected chi connectivity index (χ1v) is 12.4. The Balaban J connectivity index is 1.52. The van der Waals surface area contributed by atoms with E-state index in [0.717, 1.165) is 11.1 Å². The largest absolute Gasteiger partial charge is 0.416 e. The van der Waals surface area contributed by atoms with Gasteiger partial charge in [0.05, 0.1) is 35.8 Å². The van der Waals surface area contributed by atoms with E-state index < -0.39 is 53.5 Å². The van der Waals surface area contributed by atoms with Crippen molar-refractivity contribution < 1.29 is 40.3 Å². The molecule has 0 saturated carbocycles. The van der Waals surface area contributed by atoms with E-state index in [1.807, 2.05) is 6.08 Å². The third-order valence-corrected chi connectivity index (χ3v) is 7.30. The summed E-state index contributed by atoms with van der Waals surface area (Å²) in [5, 5.41) is 0. The van der Waals surface area contributed by atoms with E-state index in [1.54, 1.807) is 29.4 Å². The third-order valence-electron chi connectivity index (χ3n) is 7.30. The number of aromatic nitrogens is 1. The predicted molar refractivity (Wildman–Crippen MR) is 131 cm³/mol. The van der Waals surface area contributed by atoms with Crippen molar-refractivity contribution in [2.24, 2.45) is 0 Å². The second-order valence-corrected chi connectivity index (χ2v) is 9.87. The minimum absolute atomic E-state index is 0.0566. The molecular formula is C29H23F7N2O2. The Morgan fingerprint density at radius 1 is 0.925 bits per heavy atom. The van der Waals surface area contributed by atoms with Crippen molar-refractivity contribution in [1.82, 2.24) is 9.88 Å². The van der Waals surface area contributed by atoms with E-state index in [9.17, 15) is 35.5 Å². The number of hydrogen-bond donors (Lipinski definition) is 0. The van der Waals surface area contributed by atoms with Crippen LogP contribution < -0.4 is 0 Å². The van der Waals surface area contributed by atoms with Crippen LogP contribution >= 0.6 is 0 Å². The van der Waals surface area contributed by atoms with Crippen LogP contribution in [0.5, 0.6) is 0 Å². The lowest BCUT2D eigenvalue weighted by atomic mass is 9.86. The van der Waals surface area contributed by atoms with Gasteiger partial charge in [0, 0.05) is 24.9 Å². The molecule has 11 heteroatoms. The summed E-state index contributed by atoms with van der Waals surface area (Å²) >= 11 is 0. The number of ether oxygens (including phenoxy) is 1. The summed E-state index contributed by atoms with van der Waals surface area (Å²) < 4.78 is 101. The summed E-state index contributed by atoms with van der Waals surface area (Å²) in [5.74, 6) is -1.25. The van der Waals surface area contributed by atoms with Crippen molar-refractivity contribution in [1.29, 1.82) is 0 Å². The summed E-state index contributed by atoms with van der Waals surface area (Å²) in [6.45, 7) is 1.43. The van der Waals surface area contributed by atoms with Crippen LogP contribution in [0, 0.1) is 5.82 Å². The Morgan fingerprint density at radius 3 is 2.10 bits per heavy atom. The molecule has 5 rings (SSSR count). The van der Waals surface area contributed by atoms with Crippen LogP contribution in [-0.4, -0.2) is 34.5 Å². The van der Waals surface area contributed by atoms with E-state index in [1.165, 1.54) is 31.2 Å². The number of alkyl halides is 6. The minimum Gasteiger partial charge on any atom is -0.368 e. The van der Waals surface area contributed by atoms with Gasteiger partial charge in [-0.05, 0) is 71.7 Å². The Kier molecular flexibility index (Phi) is 7.20. The molecule has 2 aliphatic heterocycles. The zero-order valence-corrected chi connectivity index (χ0v) is 21.0. The number of amides is 1. The van der Waals surface area contributed by atoms with E-state index in [4.69, 9.17) is 4.74 Å². The average molecular weight is 565 g/mol. The Hall–Kier alpha value is -3.73. The van der Waals surface area contributed by atoms with Gasteiger partial charge in [-0.15, -0.1) is 0 Å². The molecule has 0 spiro atoms. The molecule has 1 fully saturated rings. The van der Waals surface area contributed by atoms with Crippen LogP contribution in [0.2, 0.25) is 0 Å². The monoisotopic (exact) mass is 564 g/mol. The number of nitrogens with zero attached hydrogens (tertiary/aromatic N) is 2. The van der Waals surface area contributed by atoms with Gasteiger partial charge in [0.1, 0.15) is 5.82 Å². The summed E-state index contributed by atoms with van der Waals surface area (Å²) in [6.07, 6.45) is -6.79. The zero-order valence-electron chi connectivity index (χ0n) is 21.0. The number of hydrogen-bond acceptors (Lipinski definition) is 3. The second kappa shape index (κ2) is 10.3. The molecule has 0 aliphatic carbocycles. The lowest BCUT2D eigenvalue weighted by molar-refractivity contribution is -0.143. The molecule has 3 heterocycles. The van der Waals surface area contributed by atoms with Crippen LogP contribution in [0.1, 0.15) is 53.2 Å². The molecule has 4 nitrogen and oxygen atoms in total. The first kappa shape index (κ1) is 27.8. The third kappa shape index (κ3) is 5.60. The standard InChI is InChI=1S/C29H23F7N2O2/c1-16(19-10-21(28(31,32)33)14-22(11-19)29(34,35)36)40-25-15-38-24(27(25)18-2-4-23(30)5-3-18)12-20(13-26(38)39)17-6-8-37-9-7-17/h2-12,14,16,24-25,27H,13,15H2,1H3/t16-,24?,25?,27+/m1/s1. The van der Waals surface area contributed by atoms with Gasteiger partial charge in [-0.25, -0.2) is 4.39 Å². The molecule has 0 radical (unpaired) electrons. The molecule has 2 aromatic carbocycles. The van der Waals surface area contributed by atoms with Gasteiger partial charge >= 0.3 is 12.4 Å². The average Bonchev–Trinajstić information content (AvgIpc) is 3.26. The smallest absolute Gasteiger partial charge is 0.368 e. The maximum atomic E-state index is 13.8. The zero-order chi connectivity index (χ0) is 28.8. The second-order valence-electron chi connectivity index (χ2n) is 9.87. The van der Waals surface area contributed by atoms with Gasteiger partial charge in [0.2, 0.25) is 5.91 Å². The van der Waals surface area contributed by atoms with Crippen LogP contribution in [0.4, 0.5) is 30.7 Å². The number of pyridine rings is 1. The molecule has 1 aromatic heterocycles. The summed E-state index contributed by atoms with van der Waals surface area (Å²) in [6, 6.07) is 9.92. The number of carbonyl (C=O) groups is 1.